The second-order valence-corrected chi connectivity index (χ2v) is 6.04. The van der Waals surface area contributed by atoms with Crippen LogP contribution in [0.4, 0.5) is 5.82 Å². The molecule has 2 aromatic heterocycles. The Morgan fingerprint density at radius 2 is 1.85 bits per heavy atom. The van der Waals surface area contributed by atoms with Crippen LogP contribution in [-0.4, -0.2) is 21.4 Å². The number of nitrogens with zero attached hydrogens (tertiary/aromatic N) is 3. The van der Waals surface area contributed by atoms with Gasteiger partial charge in [0, 0.05) is 12.1 Å². The summed E-state index contributed by atoms with van der Waals surface area (Å²) in [7, 11) is 0. The van der Waals surface area contributed by atoms with Gasteiger partial charge in [-0.1, -0.05) is 30.3 Å². The number of hydrogen-bond acceptors (Lipinski definition) is 5. The highest BCUT2D eigenvalue weighted by atomic mass is 16.7. The Kier molecular flexibility index (Phi) is 3.45. The number of aromatic nitrogens is 3. The minimum Gasteiger partial charge on any atom is -0.454 e. The van der Waals surface area contributed by atoms with E-state index >= 15 is 0 Å². The molecule has 26 heavy (non-hydrogen) atoms. The van der Waals surface area contributed by atoms with Crippen molar-refractivity contribution in [1.29, 1.82) is 0 Å². The lowest BCUT2D eigenvalue weighted by molar-refractivity contribution is 0.174. The zero-order valence-electron chi connectivity index (χ0n) is 13.9. The summed E-state index contributed by atoms with van der Waals surface area (Å²) in [5.41, 5.74) is 3.88. The first-order valence-electron chi connectivity index (χ1n) is 8.39. The number of benzene rings is 2. The van der Waals surface area contributed by atoms with E-state index in [1.807, 2.05) is 59.2 Å². The van der Waals surface area contributed by atoms with Crippen LogP contribution < -0.4 is 14.8 Å². The maximum Gasteiger partial charge on any atom is 0.231 e. The number of anilines is 1. The second kappa shape index (κ2) is 6.07. The van der Waals surface area contributed by atoms with Crippen molar-refractivity contribution in [2.24, 2.45) is 0 Å². The van der Waals surface area contributed by atoms with E-state index in [4.69, 9.17) is 14.6 Å². The molecule has 0 spiro atoms. The number of hydrogen-bond donors (Lipinski definition) is 1. The summed E-state index contributed by atoms with van der Waals surface area (Å²) >= 11 is 0. The fraction of sp³-hybridized carbons (Fsp3) is 0.100. The Morgan fingerprint density at radius 3 is 2.77 bits per heavy atom. The minimum absolute atomic E-state index is 0.262. The van der Waals surface area contributed by atoms with Gasteiger partial charge in [0.2, 0.25) is 6.79 Å². The third-order valence-corrected chi connectivity index (χ3v) is 4.35. The molecule has 1 aliphatic rings. The number of fused-ring (bicyclic) bond motifs is 2. The predicted octanol–water partition coefficient (Wildman–Crippen LogP) is 3.74. The van der Waals surface area contributed by atoms with Gasteiger partial charge in [0.15, 0.2) is 17.1 Å². The standard InChI is InChI=1S/C20H16N4O2/c1-2-4-14(5-3-1)11-21-19-8-9-20-22-12-16(24(20)23-19)15-6-7-17-18(10-15)26-13-25-17/h1-10,12H,11,13H2,(H,21,23). The van der Waals surface area contributed by atoms with Crippen LogP contribution in [0.2, 0.25) is 0 Å². The average molecular weight is 344 g/mol. The monoisotopic (exact) mass is 344 g/mol. The van der Waals surface area contributed by atoms with Crippen molar-refractivity contribution in [2.45, 2.75) is 6.54 Å². The van der Waals surface area contributed by atoms with Gasteiger partial charge in [0.25, 0.3) is 0 Å². The van der Waals surface area contributed by atoms with Crippen LogP contribution in [0, 0.1) is 0 Å². The lowest BCUT2D eigenvalue weighted by Gasteiger charge is -2.07. The molecule has 5 rings (SSSR count). The lowest BCUT2D eigenvalue weighted by atomic mass is 10.1. The zero-order chi connectivity index (χ0) is 17.3. The van der Waals surface area contributed by atoms with E-state index in [-0.39, 0.29) is 6.79 Å². The van der Waals surface area contributed by atoms with E-state index in [0.717, 1.165) is 34.2 Å². The number of ether oxygens (including phenoxy) is 2. The molecule has 0 radical (unpaired) electrons. The number of nitrogens with one attached hydrogen (secondary N) is 1. The molecule has 3 heterocycles. The predicted molar refractivity (Wildman–Crippen MR) is 98.3 cm³/mol. The molecule has 0 bridgehead atoms. The third kappa shape index (κ3) is 2.61. The second-order valence-electron chi connectivity index (χ2n) is 6.04. The van der Waals surface area contributed by atoms with Gasteiger partial charge in [-0.05, 0) is 35.9 Å². The molecule has 6 nitrogen and oxygen atoms in total. The molecular formula is C20H16N4O2. The molecule has 6 heteroatoms. The van der Waals surface area contributed by atoms with E-state index in [2.05, 4.69) is 22.4 Å². The van der Waals surface area contributed by atoms with Gasteiger partial charge >= 0.3 is 0 Å². The van der Waals surface area contributed by atoms with E-state index in [1.165, 1.54) is 5.56 Å². The molecule has 0 saturated carbocycles. The van der Waals surface area contributed by atoms with E-state index in [1.54, 1.807) is 0 Å². The molecule has 0 aliphatic carbocycles. The maximum atomic E-state index is 5.48. The van der Waals surface area contributed by atoms with Crippen molar-refractivity contribution in [1.82, 2.24) is 14.6 Å². The molecule has 0 atom stereocenters. The van der Waals surface area contributed by atoms with Crippen molar-refractivity contribution in [3.8, 4) is 22.8 Å². The highest BCUT2D eigenvalue weighted by molar-refractivity contribution is 5.67. The Labute approximate surface area is 150 Å². The Morgan fingerprint density at radius 1 is 0.962 bits per heavy atom. The molecule has 0 saturated heterocycles. The quantitative estimate of drug-likeness (QED) is 0.611. The Balaban J connectivity index is 1.47. The molecule has 0 fully saturated rings. The summed E-state index contributed by atoms with van der Waals surface area (Å²) in [6, 6.07) is 20.0. The lowest BCUT2D eigenvalue weighted by Crippen LogP contribution is -2.04. The Bertz CT molecular complexity index is 1080. The van der Waals surface area contributed by atoms with Crippen molar-refractivity contribution in [3.05, 3.63) is 72.4 Å². The highest BCUT2D eigenvalue weighted by Crippen LogP contribution is 2.35. The molecule has 128 valence electrons. The summed E-state index contributed by atoms with van der Waals surface area (Å²) in [4.78, 5) is 4.45. The smallest absolute Gasteiger partial charge is 0.231 e. The summed E-state index contributed by atoms with van der Waals surface area (Å²) in [5.74, 6) is 2.30. The molecule has 2 aromatic carbocycles. The van der Waals surface area contributed by atoms with E-state index in [9.17, 15) is 0 Å². The maximum absolute atomic E-state index is 5.48. The van der Waals surface area contributed by atoms with Gasteiger partial charge in [-0.2, -0.15) is 0 Å². The van der Waals surface area contributed by atoms with Crippen molar-refractivity contribution < 1.29 is 9.47 Å². The third-order valence-electron chi connectivity index (χ3n) is 4.35. The van der Waals surface area contributed by atoms with Crippen LogP contribution in [0.3, 0.4) is 0 Å². The van der Waals surface area contributed by atoms with Crippen molar-refractivity contribution in [2.75, 3.05) is 12.1 Å². The average Bonchev–Trinajstić information content (AvgIpc) is 3.33. The first kappa shape index (κ1) is 14.8. The first-order chi connectivity index (χ1) is 12.9. The molecule has 4 aromatic rings. The molecule has 0 unspecified atom stereocenters. The van der Waals surface area contributed by atoms with Crippen LogP contribution in [0.5, 0.6) is 11.5 Å². The van der Waals surface area contributed by atoms with Gasteiger partial charge in [-0.15, -0.1) is 5.10 Å². The van der Waals surface area contributed by atoms with Gasteiger partial charge in [0.05, 0.1) is 11.9 Å². The summed E-state index contributed by atoms with van der Waals surface area (Å²) in [6.07, 6.45) is 1.82. The van der Waals surface area contributed by atoms with Gasteiger partial charge < -0.3 is 14.8 Å². The molecular weight excluding hydrogens is 328 g/mol. The van der Waals surface area contributed by atoms with Crippen LogP contribution in [0.15, 0.2) is 66.9 Å². The first-order valence-corrected chi connectivity index (χ1v) is 8.39. The largest absolute Gasteiger partial charge is 0.454 e. The van der Waals surface area contributed by atoms with Crippen molar-refractivity contribution >= 4 is 11.5 Å². The van der Waals surface area contributed by atoms with Crippen LogP contribution in [-0.2, 0) is 6.54 Å². The van der Waals surface area contributed by atoms with Gasteiger partial charge in [0.1, 0.15) is 5.82 Å². The van der Waals surface area contributed by atoms with Gasteiger partial charge in [-0.3, -0.25) is 0 Å². The summed E-state index contributed by atoms with van der Waals surface area (Å²) in [5, 5.41) is 8.05. The van der Waals surface area contributed by atoms with E-state index in [0.29, 0.717) is 6.54 Å². The summed E-state index contributed by atoms with van der Waals surface area (Å²) < 4.78 is 12.7. The van der Waals surface area contributed by atoms with Gasteiger partial charge in [-0.25, -0.2) is 9.50 Å². The van der Waals surface area contributed by atoms with Crippen LogP contribution in [0.1, 0.15) is 5.56 Å². The molecule has 1 aliphatic heterocycles. The van der Waals surface area contributed by atoms with E-state index < -0.39 is 0 Å². The zero-order valence-corrected chi connectivity index (χ0v) is 13.9. The highest BCUT2D eigenvalue weighted by Gasteiger charge is 2.16. The topological polar surface area (TPSA) is 60.7 Å². The molecule has 1 N–H and O–H groups in total. The normalized spacial score (nSPS) is 12.5. The van der Waals surface area contributed by atoms with Crippen LogP contribution in [0.25, 0.3) is 16.9 Å². The van der Waals surface area contributed by atoms with Crippen LogP contribution >= 0.6 is 0 Å². The molecule has 0 amide bonds. The number of rotatable bonds is 4. The number of imidazole rings is 1. The summed E-state index contributed by atoms with van der Waals surface area (Å²) in [6.45, 7) is 0.977. The SMILES string of the molecule is c1ccc(CNc2ccc3ncc(-c4ccc5c(c4)OCO5)n3n2)cc1. The van der Waals surface area contributed by atoms with Crippen molar-refractivity contribution in [3.63, 3.8) is 0 Å². The fourth-order valence-corrected chi connectivity index (χ4v) is 3.01. The minimum atomic E-state index is 0.262. The fourth-order valence-electron chi connectivity index (χ4n) is 3.01. The Hall–Kier alpha value is -3.54.